The zero-order valence-corrected chi connectivity index (χ0v) is 14.5. The van der Waals surface area contributed by atoms with Crippen LogP contribution in [0.4, 0.5) is 0 Å². The van der Waals surface area contributed by atoms with E-state index in [0.717, 1.165) is 36.9 Å². The van der Waals surface area contributed by atoms with Crippen LogP contribution in [0.5, 0.6) is 0 Å². The molecule has 1 amide bonds. The number of amides is 1. The van der Waals surface area contributed by atoms with Gasteiger partial charge < -0.3 is 10.2 Å². The number of rotatable bonds is 4. The normalized spacial score (nSPS) is 17.6. The van der Waals surface area contributed by atoms with Crippen LogP contribution in [0.2, 0.25) is 5.02 Å². The molecule has 0 radical (unpaired) electrons. The van der Waals surface area contributed by atoms with Crippen molar-refractivity contribution in [1.82, 2.24) is 10.2 Å². The Morgan fingerprint density at radius 3 is 2.90 bits per heavy atom. The molecule has 1 atom stereocenters. The smallest absolute Gasteiger partial charge is 0.255 e. The van der Waals surface area contributed by atoms with Crippen LogP contribution in [0.3, 0.4) is 0 Å². The lowest BCUT2D eigenvalue weighted by Gasteiger charge is -2.28. The maximum atomic E-state index is 12.7. The van der Waals surface area contributed by atoms with E-state index in [1.54, 1.807) is 12.1 Å². The second-order valence-corrected chi connectivity index (χ2v) is 6.06. The number of nitrogens with one attached hydrogen (secondary N) is 1. The predicted octanol–water partition coefficient (Wildman–Crippen LogP) is 3.74. The van der Waals surface area contributed by atoms with Crippen LogP contribution in [0.1, 0.15) is 30.1 Å². The number of halogens is 3. The summed E-state index contributed by atoms with van der Waals surface area (Å²) in [6, 6.07) is 5.63. The van der Waals surface area contributed by atoms with Gasteiger partial charge in [-0.2, -0.15) is 0 Å². The molecule has 1 aliphatic rings. The number of benzene rings is 1. The van der Waals surface area contributed by atoms with Crippen molar-refractivity contribution in [3.05, 3.63) is 33.3 Å². The summed E-state index contributed by atoms with van der Waals surface area (Å²) in [7, 11) is 0. The summed E-state index contributed by atoms with van der Waals surface area (Å²) in [6.07, 6.45) is 1.98. The number of hydrogen-bond acceptors (Lipinski definition) is 2. The quantitative estimate of drug-likeness (QED) is 0.861. The molecule has 1 aliphatic heterocycles. The van der Waals surface area contributed by atoms with E-state index in [-0.39, 0.29) is 18.3 Å². The highest BCUT2D eigenvalue weighted by molar-refractivity contribution is 9.10. The van der Waals surface area contributed by atoms with Crippen LogP contribution < -0.4 is 5.32 Å². The van der Waals surface area contributed by atoms with Crippen LogP contribution in [-0.4, -0.2) is 36.5 Å². The molecule has 1 fully saturated rings. The summed E-state index contributed by atoms with van der Waals surface area (Å²) in [4.78, 5) is 14.7. The minimum atomic E-state index is 0. The van der Waals surface area contributed by atoms with Gasteiger partial charge in [0.25, 0.3) is 5.91 Å². The van der Waals surface area contributed by atoms with E-state index in [2.05, 4.69) is 28.2 Å². The molecule has 20 heavy (non-hydrogen) atoms. The van der Waals surface area contributed by atoms with E-state index in [0.29, 0.717) is 16.6 Å². The lowest BCUT2D eigenvalue weighted by atomic mass is 10.1. The molecule has 112 valence electrons. The van der Waals surface area contributed by atoms with E-state index < -0.39 is 0 Å². The summed E-state index contributed by atoms with van der Waals surface area (Å²) in [5.74, 6) is 0.0601. The van der Waals surface area contributed by atoms with Gasteiger partial charge in [-0.15, -0.1) is 12.4 Å². The molecule has 0 aromatic heterocycles. The number of nitrogens with zero attached hydrogens (tertiary/aromatic N) is 1. The molecule has 1 heterocycles. The second kappa shape index (κ2) is 8.23. The van der Waals surface area contributed by atoms with Crippen molar-refractivity contribution in [1.29, 1.82) is 0 Å². The van der Waals surface area contributed by atoms with Crippen LogP contribution in [0.25, 0.3) is 0 Å². The second-order valence-electron chi connectivity index (χ2n) is 4.77. The summed E-state index contributed by atoms with van der Waals surface area (Å²) in [6.45, 7) is 4.73. The third-order valence-electron chi connectivity index (χ3n) is 3.36. The van der Waals surface area contributed by atoms with Gasteiger partial charge in [-0.1, -0.05) is 18.5 Å². The molecule has 6 heteroatoms. The van der Waals surface area contributed by atoms with E-state index in [1.165, 1.54) is 0 Å². The first kappa shape index (κ1) is 17.8. The van der Waals surface area contributed by atoms with Gasteiger partial charge in [0.15, 0.2) is 0 Å². The van der Waals surface area contributed by atoms with Gasteiger partial charge in [0.2, 0.25) is 0 Å². The largest absolute Gasteiger partial charge is 0.334 e. The minimum absolute atomic E-state index is 0. The highest BCUT2D eigenvalue weighted by Crippen LogP contribution is 2.24. The lowest BCUT2D eigenvalue weighted by Crippen LogP contribution is -2.42. The fourth-order valence-electron chi connectivity index (χ4n) is 2.41. The molecule has 0 saturated carbocycles. The first-order valence-corrected chi connectivity index (χ1v) is 7.77. The molecular weight excluding hydrogens is 363 g/mol. The molecule has 0 spiro atoms. The van der Waals surface area contributed by atoms with Crippen molar-refractivity contribution in [2.45, 2.75) is 25.8 Å². The average molecular weight is 382 g/mol. The van der Waals surface area contributed by atoms with Gasteiger partial charge in [-0.25, -0.2) is 0 Å². The van der Waals surface area contributed by atoms with Crippen molar-refractivity contribution < 1.29 is 4.79 Å². The Balaban J connectivity index is 0.00000200. The Kier molecular flexibility index (Phi) is 7.30. The summed E-state index contributed by atoms with van der Waals surface area (Å²) < 4.78 is 0.800. The lowest BCUT2D eigenvalue weighted by molar-refractivity contribution is 0.0691. The van der Waals surface area contributed by atoms with Crippen molar-refractivity contribution >= 4 is 45.8 Å². The van der Waals surface area contributed by atoms with E-state index in [9.17, 15) is 4.79 Å². The van der Waals surface area contributed by atoms with E-state index in [1.807, 2.05) is 11.0 Å². The Labute approximate surface area is 139 Å². The Morgan fingerprint density at radius 2 is 2.30 bits per heavy atom. The van der Waals surface area contributed by atoms with Gasteiger partial charge in [-0.3, -0.25) is 4.79 Å². The number of hydrogen-bond donors (Lipinski definition) is 1. The number of carbonyl (C=O) groups excluding carboxylic acids is 1. The molecule has 1 N–H and O–H groups in total. The molecule has 3 nitrogen and oxygen atoms in total. The van der Waals surface area contributed by atoms with Crippen molar-refractivity contribution in [3.8, 4) is 0 Å². The Hall–Kier alpha value is -0.290. The Bertz CT molecular complexity index is 464. The van der Waals surface area contributed by atoms with Crippen molar-refractivity contribution in [3.63, 3.8) is 0 Å². The fraction of sp³-hybridized carbons (Fsp3) is 0.500. The SMILES string of the molecule is CCCN(C(=O)c1cc(Cl)ccc1Br)C1CCNC1.Cl. The van der Waals surface area contributed by atoms with E-state index >= 15 is 0 Å². The topological polar surface area (TPSA) is 32.3 Å². The highest BCUT2D eigenvalue weighted by Gasteiger charge is 2.27. The molecular formula is C14H19BrCl2N2O. The summed E-state index contributed by atoms with van der Waals surface area (Å²) in [5.41, 5.74) is 0.646. The van der Waals surface area contributed by atoms with E-state index in [4.69, 9.17) is 11.6 Å². The fourth-order valence-corrected chi connectivity index (χ4v) is 3.00. The zero-order chi connectivity index (χ0) is 13.8. The van der Waals surface area contributed by atoms with Crippen molar-refractivity contribution in [2.24, 2.45) is 0 Å². The molecule has 1 saturated heterocycles. The molecule has 0 bridgehead atoms. The molecule has 0 aliphatic carbocycles. The summed E-state index contributed by atoms with van der Waals surface area (Å²) >= 11 is 9.44. The number of carbonyl (C=O) groups is 1. The monoisotopic (exact) mass is 380 g/mol. The molecule has 2 rings (SSSR count). The standard InChI is InChI=1S/C14H18BrClN2O.ClH/c1-2-7-18(11-5-6-17-9-11)14(19)12-8-10(16)3-4-13(12)15;/h3-4,8,11,17H,2,5-7,9H2,1H3;1H. The third kappa shape index (κ3) is 4.10. The maximum absolute atomic E-state index is 12.7. The van der Waals surface area contributed by atoms with Gasteiger partial charge in [-0.05, 0) is 53.5 Å². The first-order chi connectivity index (χ1) is 9.13. The first-order valence-electron chi connectivity index (χ1n) is 6.60. The summed E-state index contributed by atoms with van der Waals surface area (Å²) in [5, 5.41) is 3.90. The Morgan fingerprint density at radius 1 is 1.55 bits per heavy atom. The average Bonchev–Trinajstić information content (AvgIpc) is 2.92. The van der Waals surface area contributed by atoms with Crippen LogP contribution >= 0.6 is 39.9 Å². The molecule has 1 unspecified atom stereocenters. The van der Waals surface area contributed by atoms with Gasteiger partial charge in [0, 0.05) is 28.6 Å². The zero-order valence-electron chi connectivity index (χ0n) is 11.4. The highest BCUT2D eigenvalue weighted by atomic mass is 79.9. The van der Waals surface area contributed by atoms with Gasteiger partial charge >= 0.3 is 0 Å². The van der Waals surface area contributed by atoms with Crippen molar-refractivity contribution in [2.75, 3.05) is 19.6 Å². The predicted molar refractivity (Wildman–Crippen MR) is 89.0 cm³/mol. The van der Waals surface area contributed by atoms with Gasteiger partial charge in [0.1, 0.15) is 0 Å². The third-order valence-corrected chi connectivity index (χ3v) is 4.29. The van der Waals surface area contributed by atoms with Crippen LogP contribution in [0, 0.1) is 0 Å². The maximum Gasteiger partial charge on any atom is 0.255 e. The molecule has 1 aromatic carbocycles. The van der Waals surface area contributed by atoms with Crippen LogP contribution in [0.15, 0.2) is 22.7 Å². The van der Waals surface area contributed by atoms with Gasteiger partial charge in [0.05, 0.1) is 5.56 Å². The minimum Gasteiger partial charge on any atom is -0.334 e. The molecule has 1 aromatic rings. The van der Waals surface area contributed by atoms with Crippen LogP contribution in [-0.2, 0) is 0 Å².